The van der Waals surface area contributed by atoms with Crippen LogP contribution in [0.2, 0.25) is 0 Å². The van der Waals surface area contributed by atoms with Gasteiger partial charge in [-0.25, -0.2) is 0 Å². The average molecular weight is 440 g/mol. The molecule has 0 spiro atoms. The van der Waals surface area contributed by atoms with Gasteiger partial charge in [0.2, 0.25) is 11.8 Å². The van der Waals surface area contributed by atoms with Crippen molar-refractivity contribution in [2.45, 2.75) is 18.5 Å². The van der Waals surface area contributed by atoms with E-state index >= 15 is 0 Å². The van der Waals surface area contributed by atoms with E-state index in [0.29, 0.717) is 22.7 Å². The van der Waals surface area contributed by atoms with Gasteiger partial charge in [-0.15, -0.1) is 0 Å². The number of rotatable bonds is 5. The van der Waals surface area contributed by atoms with Crippen LogP contribution in [-0.4, -0.2) is 24.5 Å². The zero-order valence-electron chi connectivity index (χ0n) is 16.8. The van der Waals surface area contributed by atoms with Crippen LogP contribution in [0.3, 0.4) is 0 Å². The van der Waals surface area contributed by atoms with E-state index in [2.05, 4.69) is 5.32 Å². The number of halogens is 3. The Morgan fingerprint density at radius 2 is 1.41 bits per heavy atom. The van der Waals surface area contributed by atoms with Gasteiger partial charge in [0, 0.05) is 16.8 Å². The van der Waals surface area contributed by atoms with Crippen LogP contribution in [0.15, 0.2) is 72.8 Å². The van der Waals surface area contributed by atoms with E-state index in [4.69, 9.17) is 4.74 Å². The zero-order valence-corrected chi connectivity index (χ0v) is 16.8. The summed E-state index contributed by atoms with van der Waals surface area (Å²) in [5.41, 5.74) is 2.55. The summed E-state index contributed by atoms with van der Waals surface area (Å²) >= 11 is 0. The van der Waals surface area contributed by atoms with Gasteiger partial charge in [-0.05, 0) is 29.8 Å². The third-order valence-corrected chi connectivity index (χ3v) is 5.01. The van der Waals surface area contributed by atoms with Crippen LogP contribution in [-0.2, 0) is 16.0 Å². The number of hydrogen-bond donors (Lipinski definition) is 2. The van der Waals surface area contributed by atoms with Crippen molar-refractivity contribution in [1.82, 2.24) is 5.32 Å². The Labute approximate surface area is 182 Å². The normalized spacial score (nSPS) is 12.8. The highest BCUT2D eigenvalue weighted by molar-refractivity contribution is 5.99. The van der Waals surface area contributed by atoms with Crippen LogP contribution in [0.1, 0.15) is 22.6 Å². The summed E-state index contributed by atoms with van der Waals surface area (Å²) in [5, 5.41) is 4.71. The Morgan fingerprint density at radius 1 is 0.844 bits per heavy atom. The van der Waals surface area contributed by atoms with E-state index in [1.807, 2.05) is 53.8 Å². The number of carbonyl (C=O) groups excluding carboxylic acids is 2. The van der Waals surface area contributed by atoms with Crippen molar-refractivity contribution < 1.29 is 27.5 Å². The number of anilines is 1. The lowest BCUT2D eigenvalue weighted by atomic mass is 9.87. The van der Waals surface area contributed by atoms with Gasteiger partial charge in [-0.1, -0.05) is 48.5 Å². The highest BCUT2D eigenvalue weighted by Crippen LogP contribution is 2.44. The lowest BCUT2D eigenvalue weighted by Crippen LogP contribution is -2.34. The van der Waals surface area contributed by atoms with Crippen LogP contribution < -0.4 is 15.4 Å². The number of ether oxygens (including phenoxy) is 1. The van der Waals surface area contributed by atoms with Crippen molar-refractivity contribution in [2.24, 2.45) is 0 Å². The van der Waals surface area contributed by atoms with Crippen LogP contribution >= 0.6 is 0 Å². The molecule has 0 radical (unpaired) electrons. The molecule has 3 aromatic rings. The quantitative estimate of drug-likeness (QED) is 0.600. The fourth-order valence-electron chi connectivity index (χ4n) is 3.56. The Bertz CT molecular complexity index is 1100. The lowest BCUT2D eigenvalue weighted by molar-refractivity contribution is -0.138. The summed E-state index contributed by atoms with van der Waals surface area (Å²) in [7, 11) is 0. The van der Waals surface area contributed by atoms with Crippen LogP contribution in [0, 0.1) is 0 Å². The number of nitrogens with one attached hydrogen (secondary N) is 2. The Balaban J connectivity index is 1.46. The van der Waals surface area contributed by atoms with Gasteiger partial charge < -0.3 is 15.4 Å². The molecule has 0 aromatic heterocycles. The standard InChI is InChI=1S/C24H19F3N2O3/c25-24(26,27)14-28-21(30)13-15-9-11-16(12-10-15)29-23(31)22-17-5-1-3-7-19(17)32-20-8-4-2-6-18(20)22/h1-12,22H,13-14H2,(H,28,30)(H,29,31). The highest BCUT2D eigenvalue weighted by atomic mass is 19.4. The Hall–Kier alpha value is -3.81. The highest BCUT2D eigenvalue weighted by Gasteiger charge is 2.32. The fraction of sp³-hybridized carbons (Fsp3) is 0.167. The van der Waals surface area contributed by atoms with Crippen molar-refractivity contribution in [1.29, 1.82) is 0 Å². The molecule has 8 heteroatoms. The molecule has 1 heterocycles. The molecule has 2 amide bonds. The fourth-order valence-corrected chi connectivity index (χ4v) is 3.56. The van der Waals surface area contributed by atoms with Gasteiger partial charge in [-0.3, -0.25) is 9.59 Å². The molecule has 0 unspecified atom stereocenters. The van der Waals surface area contributed by atoms with Crippen molar-refractivity contribution in [3.05, 3.63) is 89.5 Å². The Morgan fingerprint density at radius 3 is 1.97 bits per heavy atom. The van der Waals surface area contributed by atoms with E-state index in [-0.39, 0.29) is 12.3 Å². The summed E-state index contributed by atoms with van der Waals surface area (Å²) in [6.07, 6.45) is -4.64. The van der Waals surface area contributed by atoms with E-state index < -0.39 is 24.5 Å². The molecular formula is C24H19F3N2O3. The second kappa shape index (κ2) is 8.74. The number of para-hydroxylation sites is 2. The van der Waals surface area contributed by atoms with Crippen LogP contribution in [0.25, 0.3) is 0 Å². The smallest absolute Gasteiger partial charge is 0.405 e. The largest absolute Gasteiger partial charge is 0.457 e. The number of fused-ring (bicyclic) bond motifs is 2. The minimum absolute atomic E-state index is 0.189. The topological polar surface area (TPSA) is 67.4 Å². The van der Waals surface area contributed by atoms with Gasteiger partial charge >= 0.3 is 6.18 Å². The molecule has 164 valence electrons. The molecule has 0 atom stereocenters. The van der Waals surface area contributed by atoms with Crippen molar-refractivity contribution in [2.75, 3.05) is 11.9 Å². The lowest BCUT2D eigenvalue weighted by Gasteiger charge is -2.27. The molecule has 0 fully saturated rings. The maximum atomic E-state index is 13.2. The molecule has 2 N–H and O–H groups in total. The van der Waals surface area contributed by atoms with Crippen molar-refractivity contribution in [3.8, 4) is 11.5 Å². The predicted molar refractivity (Wildman–Crippen MR) is 113 cm³/mol. The number of amides is 2. The molecule has 4 rings (SSSR count). The second-order valence-electron chi connectivity index (χ2n) is 7.37. The molecule has 3 aromatic carbocycles. The molecule has 32 heavy (non-hydrogen) atoms. The van der Waals surface area contributed by atoms with E-state index in [9.17, 15) is 22.8 Å². The van der Waals surface area contributed by atoms with Crippen molar-refractivity contribution in [3.63, 3.8) is 0 Å². The first kappa shape index (κ1) is 21.4. The van der Waals surface area contributed by atoms with Crippen molar-refractivity contribution >= 4 is 17.5 Å². The monoisotopic (exact) mass is 440 g/mol. The number of benzene rings is 3. The van der Waals surface area contributed by atoms with Crippen LogP contribution in [0.5, 0.6) is 11.5 Å². The minimum Gasteiger partial charge on any atom is -0.457 e. The third kappa shape index (κ3) is 4.91. The zero-order chi connectivity index (χ0) is 22.7. The third-order valence-electron chi connectivity index (χ3n) is 5.01. The molecule has 0 aliphatic carbocycles. The number of alkyl halides is 3. The van der Waals surface area contributed by atoms with E-state index in [1.54, 1.807) is 24.3 Å². The maximum Gasteiger partial charge on any atom is 0.405 e. The molecular weight excluding hydrogens is 421 g/mol. The molecule has 0 saturated heterocycles. The van der Waals surface area contributed by atoms with E-state index in [0.717, 1.165) is 11.1 Å². The molecule has 1 aliphatic heterocycles. The Kier molecular flexibility index (Phi) is 5.85. The first-order valence-electron chi connectivity index (χ1n) is 9.89. The number of hydrogen-bond acceptors (Lipinski definition) is 3. The average Bonchev–Trinajstić information content (AvgIpc) is 2.77. The second-order valence-corrected chi connectivity index (χ2v) is 7.37. The van der Waals surface area contributed by atoms with Gasteiger partial charge in [0.25, 0.3) is 0 Å². The van der Waals surface area contributed by atoms with Crippen LogP contribution in [0.4, 0.5) is 18.9 Å². The molecule has 0 saturated carbocycles. The van der Waals surface area contributed by atoms with Gasteiger partial charge in [-0.2, -0.15) is 13.2 Å². The first-order chi connectivity index (χ1) is 15.3. The minimum atomic E-state index is -4.45. The summed E-state index contributed by atoms with van der Waals surface area (Å²) < 4.78 is 42.5. The summed E-state index contributed by atoms with van der Waals surface area (Å²) in [5.74, 6) is -0.305. The first-order valence-corrected chi connectivity index (χ1v) is 9.89. The molecule has 1 aliphatic rings. The molecule has 5 nitrogen and oxygen atoms in total. The summed E-state index contributed by atoms with van der Waals surface area (Å²) in [4.78, 5) is 24.9. The van der Waals surface area contributed by atoms with E-state index in [1.165, 1.54) is 0 Å². The van der Waals surface area contributed by atoms with Gasteiger partial charge in [0.15, 0.2) is 0 Å². The summed E-state index contributed by atoms with van der Waals surface area (Å²) in [6, 6.07) is 21.1. The number of carbonyl (C=O) groups is 2. The maximum absolute atomic E-state index is 13.2. The van der Waals surface area contributed by atoms with Gasteiger partial charge in [0.1, 0.15) is 18.0 Å². The molecule has 0 bridgehead atoms. The SMILES string of the molecule is O=C(Cc1ccc(NC(=O)C2c3ccccc3Oc3ccccc32)cc1)NCC(F)(F)F. The van der Waals surface area contributed by atoms with Gasteiger partial charge in [0.05, 0.1) is 12.3 Å². The predicted octanol–water partition coefficient (Wildman–Crippen LogP) is 4.78. The summed E-state index contributed by atoms with van der Waals surface area (Å²) in [6.45, 7) is -1.37.